The molecule has 0 fully saturated rings. The Morgan fingerprint density at radius 3 is 2.80 bits per heavy atom. The van der Waals surface area contributed by atoms with Crippen LogP contribution in [-0.4, -0.2) is 14.7 Å². The van der Waals surface area contributed by atoms with Gasteiger partial charge in [-0.25, -0.2) is 8.42 Å². The molecule has 1 aliphatic rings. The molecule has 5 heteroatoms. The lowest BCUT2D eigenvalue weighted by molar-refractivity contribution is 0.592. The fourth-order valence-corrected chi connectivity index (χ4v) is 2.30. The van der Waals surface area contributed by atoms with E-state index in [1.54, 1.807) is 0 Å². The lowest BCUT2D eigenvalue weighted by Crippen LogP contribution is -2.23. The van der Waals surface area contributed by atoms with Gasteiger partial charge in [0.2, 0.25) is 10.0 Å². The highest BCUT2D eigenvalue weighted by Crippen LogP contribution is 2.28. The first kappa shape index (κ1) is 8.10. The zero-order valence-electron chi connectivity index (χ0n) is 5.49. The number of nitrogens with one attached hydrogen (secondary N) is 1. The van der Waals surface area contributed by atoms with Crippen LogP contribution >= 0.6 is 11.8 Å². The maximum absolute atomic E-state index is 10.6. The van der Waals surface area contributed by atoms with E-state index in [9.17, 15) is 8.42 Å². The molecular formula is C5H8NO2S2. The zero-order valence-corrected chi connectivity index (χ0v) is 7.13. The Labute approximate surface area is 64.9 Å². The fourth-order valence-electron chi connectivity index (χ4n) is 0.606. The van der Waals surface area contributed by atoms with E-state index in [-0.39, 0.29) is 0 Å². The quantitative estimate of drug-likeness (QED) is 0.676. The molecule has 57 valence electrons. The smallest absolute Gasteiger partial charge is 0.210 e. The van der Waals surface area contributed by atoms with Crippen LogP contribution in [0.5, 0.6) is 0 Å². The fraction of sp³-hybridized carbons (Fsp3) is 0.400. The molecule has 0 aliphatic carbocycles. The van der Waals surface area contributed by atoms with Crippen LogP contribution in [0.15, 0.2) is 11.5 Å². The lowest BCUT2D eigenvalue weighted by atomic mass is 10.4. The number of hydrogen-bond donors (Lipinski definition) is 1. The molecule has 0 bridgehead atoms. The maximum atomic E-state index is 10.6. The normalized spacial score (nSPS) is 20.1. The van der Waals surface area contributed by atoms with Crippen LogP contribution in [0.3, 0.4) is 0 Å². The highest BCUT2D eigenvalue weighted by Gasteiger charge is 2.15. The Balaban J connectivity index is 2.41. The van der Waals surface area contributed by atoms with Crippen molar-refractivity contribution in [3.8, 4) is 0 Å². The summed E-state index contributed by atoms with van der Waals surface area (Å²) in [5.74, 6) is 0. The van der Waals surface area contributed by atoms with Gasteiger partial charge in [-0.2, -0.15) is 4.72 Å². The van der Waals surface area contributed by atoms with E-state index in [1.165, 1.54) is 11.8 Å². The summed E-state index contributed by atoms with van der Waals surface area (Å²) in [5.41, 5.74) is 0. The molecule has 1 aliphatic heterocycles. The predicted molar refractivity (Wildman–Crippen MR) is 42.6 cm³/mol. The van der Waals surface area contributed by atoms with Crippen molar-refractivity contribution in [1.82, 2.24) is 4.72 Å². The average Bonchev–Trinajstić information content (AvgIpc) is 2.12. The maximum Gasteiger partial charge on any atom is 0.210 e. The van der Waals surface area contributed by atoms with E-state index >= 15 is 0 Å². The summed E-state index contributed by atoms with van der Waals surface area (Å²) in [7, 11) is -3.06. The van der Waals surface area contributed by atoms with Crippen LogP contribution in [0.2, 0.25) is 0 Å². The van der Waals surface area contributed by atoms with E-state index in [0.29, 0.717) is 6.42 Å². The third-order valence-electron chi connectivity index (χ3n) is 0.909. The molecule has 0 spiro atoms. The Morgan fingerprint density at radius 1 is 1.70 bits per heavy atom. The first-order valence-electron chi connectivity index (χ1n) is 2.73. The Hall–Kier alpha value is -0.000000000000000111. The van der Waals surface area contributed by atoms with Gasteiger partial charge in [-0.3, -0.25) is 0 Å². The largest absolute Gasteiger partial charge is 0.213 e. The van der Waals surface area contributed by atoms with Gasteiger partial charge in [-0.15, -0.1) is 11.8 Å². The summed E-state index contributed by atoms with van der Waals surface area (Å²) in [5, 5.41) is 2.65. The molecule has 1 N–H and O–H groups in total. The summed E-state index contributed by atoms with van der Waals surface area (Å²) < 4.78 is 23.6. The molecular weight excluding hydrogens is 170 g/mol. The molecule has 0 aromatic carbocycles. The number of rotatable bonds is 2. The van der Waals surface area contributed by atoms with Crippen molar-refractivity contribution in [3.63, 3.8) is 0 Å². The van der Waals surface area contributed by atoms with Crippen LogP contribution in [0, 0.1) is 5.37 Å². The molecule has 0 aromatic heterocycles. The number of sulfonamides is 1. The third kappa shape index (κ3) is 2.72. The molecule has 0 saturated heterocycles. The standard InChI is InChI=1S/C5H8NO2S2/c1-10(7,8)6-5-3-2-4-9-5/h2,4,6H,3H2,1H3. The van der Waals surface area contributed by atoms with Crippen LogP contribution in [0.1, 0.15) is 6.42 Å². The van der Waals surface area contributed by atoms with Crippen molar-refractivity contribution < 1.29 is 8.42 Å². The van der Waals surface area contributed by atoms with Crippen molar-refractivity contribution in [3.05, 3.63) is 16.9 Å². The van der Waals surface area contributed by atoms with Gasteiger partial charge in [0, 0.05) is 0 Å². The van der Waals surface area contributed by atoms with Gasteiger partial charge in [0.05, 0.1) is 6.26 Å². The molecule has 0 aromatic rings. The summed E-state index contributed by atoms with van der Waals surface area (Å²) in [6.45, 7) is 0. The van der Waals surface area contributed by atoms with Gasteiger partial charge in [0.1, 0.15) is 5.37 Å². The molecule has 1 rings (SSSR count). The molecule has 0 saturated carbocycles. The SMILES string of the molecule is CS(=O)(=O)N[C]1CC=CS1. The Bertz CT molecular complexity index is 224. The molecule has 1 heterocycles. The van der Waals surface area contributed by atoms with Crippen molar-refractivity contribution >= 4 is 21.8 Å². The summed E-state index contributed by atoms with van der Waals surface area (Å²) in [6.07, 6.45) is 3.77. The molecule has 0 amide bonds. The first-order chi connectivity index (χ1) is 4.58. The lowest BCUT2D eigenvalue weighted by Gasteiger charge is -2.05. The van der Waals surface area contributed by atoms with Crippen molar-refractivity contribution in [1.29, 1.82) is 0 Å². The van der Waals surface area contributed by atoms with Gasteiger partial charge in [0.25, 0.3) is 0 Å². The van der Waals surface area contributed by atoms with Crippen molar-refractivity contribution in [2.24, 2.45) is 0 Å². The number of thioether (sulfide) groups is 1. The minimum absolute atomic E-state index is 0.706. The van der Waals surface area contributed by atoms with E-state index in [2.05, 4.69) is 4.72 Å². The van der Waals surface area contributed by atoms with Crippen molar-refractivity contribution in [2.75, 3.05) is 6.26 Å². The van der Waals surface area contributed by atoms with Crippen LogP contribution in [-0.2, 0) is 10.0 Å². The minimum atomic E-state index is -3.06. The number of hydrogen-bond acceptors (Lipinski definition) is 3. The molecule has 0 unspecified atom stereocenters. The second kappa shape index (κ2) is 2.94. The van der Waals surface area contributed by atoms with Gasteiger partial charge < -0.3 is 0 Å². The Morgan fingerprint density at radius 2 is 2.40 bits per heavy atom. The minimum Gasteiger partial charge on any atom is -0.213 e. The molecule has 1 radical (unpaired) electrons. The predicted octanol–water partition coefficient (Wildman–Crippen LogP) is 0.676. The Kier molecular flexibility index (Phi) is 2.38. The molecule has 3 nitrogen and oxygen atoms in total. The van der Waals surface area contributed by atoms with Gasteiger partial charge in [-0.1, -0.05) is 6.08 Å². The molecule has 0 atom stereocenters. The van der Waals surface area contributed by atoms with Gasteiger partial charge in [-0.05, 0) is 11.8 Å². The summed E-state index contributed by atoms with van der Waals surface area (Å²) in [4.78, 5) is 0. The van der Waals surface area contributed by atoms with Crippen LogP contribution < -0.4 is 4.72 Å². The van der Waals surface area contributed by atoms with E-state index in [4.69, 9.17) is 0 Å². The van der Waals surface area contributed by atoms with Gasteiger partial charge >= 0.3 is 0 Å². The van der Waals surface area contributed by atoms with Crippen LogP contribution in [0.25, 0.3) is 0 Å². The highest BCUT2D eigenvalue weighted by atomic mass is 32.2. The van der Waals surface area contributed by atoms with Crippen LogP contribution in [0.4, 0.5) is 0 Å². The highest BCUT2D eigenvalue weighted by molar-refractivity contribution is 8.05. The second-order valence-electron chi connectivity index (χ2n) is 1.99. The zero-order chi connectivity index (χ0) is 7.61. The third-order valence-corrected chi connectivity index (χ3v) is 2.54. The molecule has 10 heavy (non-hydrogen) atoms. The average molecular weight is 178 g/mol. The van der Waals surface area contributed by atoms with E-state index in [0.717, 1.165) is 11.6 Å². The van der Waals surface area contributed by atoms with E-state index < -0.39 is 10.0 Å². The topological polar surface area (TPSA) is 46.2 Å². The van der Waals surface area contributed by atoms with Crippen molar-refractivity contribution in [2.45, 2.75) is 6.42 Å². The summed E-state index contributed by atoms with van der Waals surface area (Å²) >= 11 is 1.42. The second-order valence-corrected chi connectivity index (χ2v) is 4.74. The monoisotopic (exact) mass is 178 g/mol. The summed E-state index contributed by atoms with van der Waals surface area (Å²) in [6, 6.07) is 0. The van der Waals surface area contributed by atoms with E-state index in [1.807, 2.05) is 11.5 Å². The van der Waals surface area contributed by atoms with Gasteiger partial charge in [0.15, 0.2) is 0 Å². The first-order valence-corrected chi connectivity index (χ1v) is 5.50.